The summed E-state index contributed by atoms with van der Waals surface area (Å²) in [6.45, 7) is 4.62. The van der Waals surface area contributed by atoms with Crippen LogP contribution in [0, 0.1) is 13.8 Å². The highest BCUT2D eigenvalue weighted by molar-refractivity contribution is 5.84. The summed E-state index contributed by atoms with van der Waals surface area (Å²) in [5.41, 5.74) is 3.19. The molecule has 1 amide bonds. The lowest BCUT2D eigenvalue weighted by Crippen LogP contribution is -2.48. The van der Waals surface area contributed by atoms with Crippen LogP contribution in [0.2, 0.25) is 0 Å². The maximum Gasteiger partial charge on any atom is 0.328 e. The lowest BCUT2D eigenvalue weighted by atomic mass is 10.0. The van der Waals surface area contributed by atoms with Gasteiger partial charge in [0.15, 0.2) is 0 Å². The van der Waals surface area contributed by atoms with Crippen LogP contribution in [-0.4, -0.2) is 46.3 Å². The zero-order valence-electron chi connectivity index (χ0n) is 13.9. The van der Waals surface area contributed by atoms with E-state index in [9.17, 15) is 9.59 Å². The Labute approximate surface area is 131 Å². The molecule has 2 rings (SSSR count). The summed E-state index contributed by atoms with van der Waals surface area (Å²) in [5, 5.41) is 4.38. The summed E-state index contributed by atoms with van der Waals surface area (Å²) in [4.78, 5) is 26.1. The van der Waals surface area contributed by atoms with E-state index in [1.54, 1.807) is 4.90 Å². The number of esters is 1. The van der Waals surface area contributed by atoms with Crippen molar-refractivity contribution in [2.45, 2.75) is 52.0 Å². The molecule has 22 heavy (non-hydrogen) atoms. The van der Waals surface area contributed by atoms with E-state index in [1.807, 2.05) is 25.6 Å². The third kappa shape index (κ3) is 3.31. The SMILES string of the molecule is COC(=O)C1CCCCN1C(=O)CCc1c(C)nn(C)c1C. The first-order valence-corrected chi connectivity index (χ1v) is 7.82. The molecule has 0 aromatic carbocycles. The molecule has 1 aromatic heterocycles. The van der Waals surface area contributed by atoms with Crippen molar-refractivity contribution in [1.29, 1.82) is 0 Å². The summed E-state index contributed by atoms with van der Waals surface area (Å²) in [6, 6.07) is -0.414. The molecule has 0 N–H and O–H groups in total. The maximum atomic E-state index is 12.5. The van der Waals surface area contributed by atoms with Crippen molar-refractivity contribution >= 4 is 11.9 Å². The standard InChI is InChI=1S/C16H25N3O3/c1-11-13(12(2)18(3)17-11)8-9-15(20)19-10-6-5-7-14(19)16(21)22-4/h14H,5-10H2,1-4H3. The predicted octanol–water partition coefficient (Wildman–Crippen LogP) is 1.52. The van der Waals surface area contributed by atoms with Gasteiger partial charge in [-0.2, -0.15) is 5.10 Å². The predicted molar refractivity (Wildman–Crippen MR) is 82.4 cm³/mol. The Morgan fingerprint density at radius 1 is 1.32 bits per heavy atom. The number of hydrogen-bond donors (Lipinski definition) is 0. The second-order valence-electron chi connectivity index (χ2n) is 5.89. The van der Waals surface area contributed by atoms with E-state index in [0.717, 1.165) is 29.8 Å². The average molecular weight is 307 g/mol. The van der Waals surface area contributed by atoms with Crippen LogP contribution in [0.25, 0.3) is 0 Å². The van der Waals surface area contributed by atoms with E-state index >= 15 is 0 Å². The zero-order valence-corrected chi connectivity index (χ0v) is 13.9. The smallest absolute Gasteiger partial charge is 0.328 e. The number of aryl methyl sites for hydroxylation is 2. The molecular formula is C16H25N3O3. The largest absolute Gasteiger partial charge is 0.467 e. The Morgan fingerprint density at radius 3 is 2.64 bits per heavy atom. The molecule has 6 heteroatoms. The molecule has 0 radical (unpaired) electrons. The van der Waals surface area contributed by atoms with E-state index in [0.29, 0.717) is 25.8 Å². The van der Waals surface area contributed by atoms with E-state index in [1.165, 1.54) is 7.11 Å². The molecule has 1 unspecified atom stereocenters. The molecule has 1 aromatic rings. The number of ether oxygens (including phenoxy) is 1. The highest BCUT2D eigenvalue weighted by atomic mass is 16.5. The van der Waals surface area contributed by atoms with Gasteiger partial charge in [0.2, 0.25) is 5.91 Å². The van der Waals surface area contributed by atoms with Gasteiger partial charge >= 0.3 is 5.97 Å². The summed E-state index contributed by atoms with van der Waals surface area (Å²) < 4.78 is 6.67. The number of carbonyl (C=O) groups excluding carboxylic acids is 2. The topological polar surface area (TPSA) is 64.4 Å². The number of carbonyl (C=O) groups is 2. The van der Waals surface area contributed by atoms with Gasteiger partial charge in [-0.15, -0.1) is 0 Å². The molecule has 1 fully saturated rings. The van der Waals surface area contributed by atoms with Gasteiger partial charge in [-0.1, -0.05) is 0 Å². The van der Waals surface area contributed by atoms with Gasteiger partial charge in [-0.3, -0.25) is 9.48 Å². The molecule has 0 saturated carbocycles. The van der Waals surface area contributed by atoms with Crippen molar-refractivity contribution in [2.24, 2.45) is 7.05 Å². The molecular weight excluding hydrogens is 282 g/mol. The molecule has 0 spiro atoms. The Hall–Kier alpha value is -1.85. The van der Waals surface area contributed by atoms with Crippen LogP contribution in [0.1, 0.15) is 42.6 Å². The molecule has 1 saturated heterocycles. The zero-order chi connectivity index (χ0) is 16.3. The lowest BCUT2D eigenvalue weighted by Gasteiger charge is -2.33. The van der Waals surface area contributed by atoms with Gasteiger partial charge in [-0.05, 0) is 45.1 Å². The lowest BCUT2D eigenvalue weighted by molar-refractivity contribution is -0.154. The van der Waals surface area contributed by atoms with Crippen molar-refractivity contribution in [3.05, 3.63) is 17.0 Å². The van der Waals surface area contributed by atoms with Crippen LogP contribution in [0.4, 0.5) is 0 Å². The second kappa shape index (κ2) is 6.94. The Morgan fingerprint density at radius 2 is 2.05 bits per heavy atom. The summed E-state index contributed by atoms with van der Waals surface area (Å²) in [5.74, 6) is -0.278. The first-order valence-electron chi connectivity index (χ1n) is 7.82. The van der Waals surface area contributed by atoms with Gasteiger partial charge in [0.1, 0.15) is 6.04 Å². The van der Waals surface area contributed by atoms with Gasteiger partial charge in [-0.25, -0.2) is 4.79 Å². The number of nitrogens with zero attached hydrogens (tertiary/aromatic N) is 3. The fourth-order valence-electron chi connectivity index (χ4n) is 3.17. The Bertz CT molecular complexity index is 565. The number of likely N-dealkylation sites (tertiary alicyclic amines) is 1. The fraction of sp³-hybridized carbons (Fsp3) is 0.688. The minimum Gasteiger partial charge on any atom is -0.467 e. The van der Waals surface area contributed by atoms with E-state index in [-0.39, 0.29) is 11.9 Å². The van der Waals surface area contributed by atoms with Gasteiger partial charge in [0, 0.05) is 25.7 Å². The van der Waals surface area contributed by atoms with E-state index < -0.39 is 6.04 Å². The minimum absolute atomic E-state index is 0.0257. The van der Waals surface area contributed by atoms with Crippen molar-refractivity contribution < 1.29 is 14.3 Å². The molecule has 1 aliphatic rings. The van der Waals surface area contributed by atoms with Gasteiger partial charge < -0.3 is 9.64 Å². The number of piperidine rings is 1. The molecule has 2 heterocycles. The van der Waals surface area contributed by atoms with E-state index in [2.05, 4.69) is 5.10 Å². The van der Waals surface area contributed by atoms with Crippen LogP contribution in [-0.2, 0) is 27.8 Å². The first kappa shape index (κ1) is 16.5. The van der Waals surface area contributed by atoms with Crippen molar-refractivity contribution in [3.8, 4) is 0 Å². The third-order valence-corrected chi connectivity index (χ3v) is 4.54. The van der Waals surface area contributed by atoms with Crippen LogP contribution in [0.3, 0.4) is 0 Å². The highest BCUT2D eigenvalue weighted by Gasteiger charge is 2.32. The molecule has 122 valence electrons. The number of amides is 1. The normalized spacial score (nSPS) is 18.4. The Kier molecular flexibility index (Phi) is 5.21. The van der Waals surface area contributed by atoms with Crippen LogP contribution in [0.15, 0.2) is 0 Å². The quantitative estimate of drug-likeness (QED) is 0.791. The molecule has 1 atom stereocenters. The minimum atomic E-state index is -0.414. The summed E-state index contributed by atoms with van der Waals surface area (Å²) in [6.07, 6.45) is 3.67. The fourth-order valence-corrected chi connectivity index (χ4v) is 3.17. The van der Waals surface area contributed by atoms with Gasteiger partial charge in [0.05, 0.1) is 12.8 Å². The average Bonchev–Trinajstić information content (AvgIpc) is 2.77. The van der Waals surface area contributed by atoms with Crippen LogP contribution >= 0.6 is 0 Å². The van der Waals surface area contributed by atoms with Crippen molar-refractivity contribution in [3.63, 3.8) is 0 Å². The molecule has 6 nitrogen and oxygen atoms in total. The first-order chi connectivity index (χ1) is 10.5. The van der Waals surface area contributed by atoms with Crippen LogP contribution < -0.4 is 0 Å². The van der Waals surface area contributed by atoms with Crippen molar-refractivity contribution in [1.82, 2.24) is 14.7 Å². The number of hydrogen-bond acceptors (Lipinski definition) is 4. The third-order valence-electron chi connectivity index (χ3n) is 4.54. The van der Waals surface area contributed by atoms with Crippen molar-refractivity contribution in [2.75, 3.05) is 13.7 Å². The second-order valence-corrected chi connectivity index (χ2v) is 5.89. The molecule has 1 aliphatic heterocycles. The molecule has 0 aliphatic carbocycles. The monoisotopic (exact) mass is 307 g/mol. The van der Waals surface area contributed by atoms with E-state index in [4.69, 9.17) is 4.74 Å². The number of rotatable bonds is 4. The summed E-state index contributed by atoms with van der Waals surface area (Å²) in [7, 11) is 3.29. The summed E-state index contributed by atoms with van der Waals surface area (Å²) >= 11 is 0. The van der Waals surface area contributed by atoms with Crippen LogP contribution in [0.5, 0.6) is 0 Å². The Balaban J connectivity index is 2.02. The van der Waals surface area contributed by atoms with Gasteiger partial charge in [0.25, 0.3) is 0 Å². The maximum absolute atomic E-state index is 12.5. The molecule has 0 bridgehead atoms. The highest BCUT2D eigenvalue weighted by Crippen LogP contribution is 2.21. The number of aromatic nitrogens is 2. The number of methoxy groups -OCH3 is 1.